The van der Waals surface area contributed by atoms with E-state index >= 15 is 0 Å². The minimum Gasteiger partial charge on any atom is -0.393 e. The van der Waals surface area contributed by atoms with E-state index in [-0.39, 0.29) is 35.0 Å². The van der Waals surface area contributed by atoms with E-state index in [0.29, 0.717) is 29.0 Å². The number of thiophene rings is 1. The maximum atomic E-state index is 13.2. The van der Waals surface area contributed by atoms with Crippen molar-refractivity contribution in [1.82, 2.24) is 15.0 Å². The smallest absolute Gasteiger partial charge is 0.333 e. The number of hydrogen-bond acceptors (Lipinski definition) is 11. The molecular formula is C21H22ClN5O6S2. The van der Waals surface area contributed by atoms with Gasteiger partial charge in [-0.2, -0.15) is 8.42 Å². The zero-order valence-electron chi connectivity index (χ0n) is 18.1. The monoisotopic (exact) mass is 539 g/mol. The lowest BCUT2D eigenvalue weighted by Crippen LogP contribution is -2.24. The predicted molar refractivity (Wildman–Crippen MR) is 128 cm³/mol. The van der Waals surface area contributed by atoms with E-state index in [1.165, 1.54) is 12.5 Å². The van der Waals surface area contributed by atoms with Crippen molar-refractivity contribution in [2.45, 2.75) is 31.1 Å². The molecule has 4 atom stereocenters. The molecule has 4 rings (SSSR count). The van der Waals surface area contributed by atoms with Gasteiger partial charge in [-0.15, -0.1) is 11.3 Å². The Bertz CT molecular complexity index is 1320. The molecule has 11 nitrogen and oxygen atoms in total. The molecule has 3 aromatic rings. The predicted octanol–water partition coefficient (Wildman–Crippen LogP) is 1.67. The molecule has 1 aliphatic carbocycles. The second kappa shape index (κ2) is 10.6. The zero-order valence-corrected chi connectivity index (χ0v) is 20.5. The topological polar surface area (TPSA) is 178 Å². The summed E-state index contributed by atoms with van der Waals surface area (Å²) in [5.41, 5.74) is 1.08. The van der Waals surface area contributed by atoms with Crippen LogP contribution in [0.25, 0.3) is 0 Å². The first-order valence-corrected chi connectivity index (χ1v) is 13.2. The number of rotatable bonds is 9. The van der Waals surface area contributed by atoms with Crippen molar-refractivity contribution < 1.29 is 27.6 Å². The molecule has 1 fully saturated rings. The summed E-state index contributed by atoms with van der Waals surface area (Å²) < 4.78 is 26.7. The summed E-state index contributed by atoms with van der Waals surface area (Å²) in [5, 5.41) is 30.8. The number of carbonyl (C=O) groups excluding carboxylic acids is 1. The Morgan fingerprint density at radius 1 is 1.37 bits per heavy atom. The highest BCUT2D eigenvalue weighted by Crippen LogP contribution is 2.31. The number of nitrogens with one attached hydrogen (secondary N) is 1. The molecular weight excluding hydrogens is 518 g/mol. The molecule has 0 amide bonds. The van der Waals surface area contributed by atoms with Gasteiger partial charge in [0, 0.05) is 18.2 Å². The number of halogens is 1. The fraction of sp³-hybridized carbons (Fsp3) is 0.333. The Morgan fingerprint density at radius 3 is 2.91 bits per heavy atom. The summed E-state index contributed by atoms with van der Waals surface area (Å²) in [6, 6.07) is 6.21. The summed E-state index contributed by atoms with van der Waals surface area (Å²) in [6.45, 7) is -0.241. The molecule has 0 saturated heterocycles. The summed E-state index contributed by atoms with van der Waals surface area (Å²) in [7, 11) is -4.11. The molecule has 3 heterocycles. The van der Waals surface area contributed by atoms with E-state index in [1.807, 2.05) is 0 Å². The average molecular weight is 540 g/mol. The van der Waals surface area contributed by atoms with Gasteiger partial charge in [0.15, 0.2) is 0 Å². The molecule has 35 heavy (non-hydrogen) atoms. The number of nitrogens with two attached hydrogens (primary N) is 1. The highest BCUT2D eigenvalue weighted by Gasteiger charge is 2.35. The Hall–Kier alpha value is -2.52. The van der Waals surface area contributed by atoms with Crippen LogP contribution in [0.5, 0.6) is 0 Å². The summed E-state index contributed by atoms with van der Waals surface area (Å²) in [6.07, 6.45) is 1.51. The van der Waals surface area contributed by atoms with Gasteiger partial charge >= 0.3 is 10.3 Å². The molecule has 0 aromatic carbocycles. The van der Waals surface area contributed by atoms with E-state index in [2.05, 4.69) is 24.5 Å². The van der Waals surface area contributed by atoms with Gasteiger partial charge in [-0.05, 0) is 42.0 Å². The van der Waals surface area contributed by atoms with Crippen molar-refractivity contribution in [2.75, 3.05) is 11.9 Å². The molecule has 0 bridgehead atoms. The van der Waals surface area contributed by atoms with Crippen LogP contribution in [0.4, 0.5) is 5.82 Å². The molecule has 1 aliphatic rings. The van der Waals surface area contributed by atoms with Crippen molar-refractivity contribution in [1.29, 1.82) is 0 Å². The van der Waals surface area contributed by atoms with Crippen LogP contribution < -0.4 is 10.5 Å². The van der Waals surface area contributed by atoms with Gasteiger partial charge in [-0.3, -0.25) is 8.98 Å². The Labute approximate surface area is 210 Å². The molecule has 1 saturated carbocycles. The Balaban J connectivity index is 1.47. The SMILES string of the molecule is NS(=O)(=O)OC[C@H]1C[C@@H](Nc2ncncc2C(=O)c2cc([C@@H](O)c3cccc(Cl)n3)cs2)C[C@@H]1O. The first kappa shape index (κ1) is 25.6. The van der Waals surface area contributed by atoms with Crippen molar-refractivity contribution in [3.8, 4) is 0 Å². The van der Waals surface area contributed by atoms with Gasteiger partial charge in [0.05, 0.1) is 28.8 Å². The van der Waals surface area contributed by atoms with Gasteiger partial charge in [0.25, 0.3) is 0 Å². The zero-order chi connectivity index (χ0) is 25.2. The van der Waals surface area contributed by atoms with Crippen LogP contribution in [0.3, 0.4) is 0 Å². The maximum Gasteiger partial charge on any atom is 0.333 e. The van der Waals surface area contributed by atoms with Crippen molar-refractivity contribution in [3.63, 3.8) is 0 Å². The normalized spacial score (nSPS) is 21.1. The van der Waals surface area contributed by atoms with Gasteiger partial charge in [-0.25, -0.2) is 20.1 Å². The summed E-state index contributed by atoms with van der Waals surface area (Å²) >= 11 is 7.07. The number of nitrogens with zero attached hydrogens (tertiary/aromatic N) is 3. The van der Waals surface area contributed by atoms with Crippen LogP contribution in [0.15, 0.2) is 42.2 Å². The van der Waals surface area contributed by atoms with Gasteiger partial charge in [0.1, 0.15) is 23.4 Å². The van der Waals surface area contributed by atoms with E-state index in [9.17, 15) is 23.4 Å². The average Bonchev–Trinajstić information content (AvgIpc) is 3.43. The second-order valence-electron chi connectivity index (χ2n) is 8.06. The highest BCUT2D eigenvalue weighted by atomic mass is 35.5. The van der Waals surface area contributed by atoms with Crippen LogP contribution in [0.1, 0.15) is 45.4 Å². The van der Waals surface area contributed by atoms with E-state index < -0.39 is 28.4 Å². The number of carbonyl (C=O) groups is 1. The lowest BCUT2D eigenvalue weighted by molar-refractivity contribution is 0.101. The van der Waals surface area contributed by atoms with E-state index in [4.69, 9.17) is 16.7 Å². The van der Waals surface area contributed by atoms with E-state index in [1.54, 1.807) is 29.6 Å². The third-order valence-electron chi connectivity index (χ3n) is 5.58. The van der Waals surface area contributed by atoms with Crippen LogP contribution in [-0.4, -0.2) is 58.1 Å². The largest absolute Gasteiger partial charge is 0.393 e. The quantitative estimate of drug-likeness (QED) is 0.231. The molecule has 186 valence electrons. The molecule has 3 aromatic heterocycles. The number of aliphatic hydroxyl groups is 2. The van der Waals surface area contributed by atoms with Crippen LogP contribution >= 0.6 is 22.9 Å². The van der Waals surface area contributed by atoms with Crippen molar-refractivity contribution in [3.05, 3.63) is 69.0 Å². The Morgan fingerprint density at radius 2 is 2.17 bits per heavy atom. The highest BCUT2D eigenvalue weighted by molar-refractivity contribution is 7.84. The molecule has 0 unspecified atom stereocenters. The lowest BCUT2D eigenvalue weighted by atomic mass is 10.1. The Kier molecular flexibility index (Phi) is 7.76. The second-order valence-corrected chi connectivity index (χ2v) is 10.6. The number of pyridine rings is 1. The summed E-state index contributed by atoms with van der Waals surface area (Å²) in [4.78, 5) is 25.8. The molecule has 0 aliphatic heterocycles. The van der Waals surface area contributed by atoms with Crippen LogP contribution in [-0.2, 0) is 14.5 Å². The maximum absolute atomic E-state index is 13.2. The summed E-state index contributed by atoms with van der Waals surface area (Å²) in [5.74, 6) is -0.515. The number of aromatic nitrogens is 3. The minimum atomic E-state index is -4.11. The molecule has 5 N–H and O–H groups in total. The van der Waals surface area contributed by atoms with Crippen LogP contribution in [0.2, 0.25) is 5.15 Å². The lowest BCUT2D eigenvalue weighted by Gasteiger charge is -2.15. The van der Waals surface area contributed by atoms with Crippen molar-refractivity contribution >= 4 is 44.8 Å². The standard InChI is InChI=1S/C21H22ClN5O6S2/c22-18-3-1-2-15(27-18)19(29)12-5-17(34-9-12)20(30)14-7-24-10-25-21(14)26-13-4-11(16(28)6-13)8-33-35(23,31)32/h1-3,5,7,9-11,13,16,19,28-29H,4,6,8H2,(H2,23,31,32)(H,24,25,26)/t11-,13-,16+,19-/m1/s1. The first-order valence-electron chi connectivity index (χ1n) is 10.5. The molecule has 0 radical (unpaired) electrons. The minimum absolute atomic E-state index is 0.218. The number of anilines is 1. The van der Waals surface area contributed by atoms with E-state index in [0.717, 1.165) is 11.3 Å². The molecule has 0 spiro atoms. The number of ketones is 1. The number of hydrogen-bond donors (Lipinski definition) is 4. The van der Waals surface area contributed by atoms with Gasteiger partial charge in [0.2, 0.25) is 5.78 Å². The van der Waals surface area contributed by atoms with Crippen molar-refractivity contribution in [2.24, 2.45) is 11.1 Å². The number of aliphatic hydroxyl groups excluding tert-OH is 2. The van der Waals surface area contributed by atoms with Crippen LogP contribution in [0, 0.1) is 5.92 Å². The third-order valence-corrected chi connectivity index (χ3v) is 7.20. The fourth-order valence-electron chi connectivity index (χ4n) is 3.88. The van der Waals surface area contributed by atoms with Gasteiger partial charge in [-0.1, -0.05) is 17.7 Å². The first-order chi connectivity index (χ1) is 16.6. The molecule has 14 heteroatoms. The fourth-order valence-corrected chi connectivity index (χ4v) is 5.30. The van der Waals surface area contributed by atoms with Gasteiger partial charge < -0.3 is 15.5 Å². The third kappa shape index (κ3) is 6.38.